The van der Waals surface area contributed by atoms with Gasteiger partial charge in [-0.15, -0.1) is 0 Å². The van der Waals surface area contributed by atoms with E-state index in [1.54, 1.807) is 24.3 Å². The minimum absolute atomic E-state index is 0.0800. The highest BCUT2D eigenvalue weighted by Gasteiger charge is 2.33. The van der Waals surface area contributed by atoms with Crippen molar-refractivity contribution in [1.29, 1.82) is 0 Å². The van der Waals surface area contributed by atoms with Gasteiger partial charge < -0.3 is 15.5 Å². The summed E-state index contributed by atoms with van der Waals surface area (Å²) < 4.78 is 0. The van der Waals surface area contributed by atoms with Gasteiger partial charge in [0, 0.05) is 36.3 Å². The molecule has 3 amide bonds. The van der Waals surface area contributed by atoms with Crippen molar-refractivity contribution in [3.8, 4) is 0 Å². The van der Waals surface area contributed by atoms with Crippen molar-refractivity contribution >= 4 is 40.3 Å². The topological polar surface area (TPSA) is 90.9 Å². The van der Waals surface area contributed by atoms with E-state index in [-0.39, 0.29) is 29.7 Å². The molecule has 0 spiro atoms. The van der Waals surface area contributed by atoms with Crippen LogP contribution in [0.15, 0.2) is 29.3 Å². The van der Waals surface area contributed by atoms with Crippen LogP contribution >= 0.6 is 11.8 Å². The Morgan fingerprint density at radius 1 is 1.18 bits per heavy atom. The molecule has 0 saturated carbocycles. The quantitative estimate of drug-likeness (QED) is 0.808. The zero-order valence-corrected chi connectivity index (χ0v) is 17.3. The summed E-state index contributed by atoms with van der Waals surface area (Å²) in [6, 6.07) is 6.71. The van der Waals surface area contributed by atoms with Crippen molar-refractivity contribution in [3.05, 3.63) is 29.8 Å². The van der Waals surface area contributed by atoms with Gasteiger partial charge in [-0.2, -0.15) is 4.99 Å². The Bertz CT molecular complexity index is 793. The Kier molecular flexibility index (Phi) is 6.07. The van der Waals surface area contributed by atoms with E-state index in [4.69, 9.17) is 0 Å². The van der Waals surface area contributed by atoms with Crippen molar-refractivity contribution in [1.82, 2.24) is 10.2 Å². The van der Waals surface area contributed by atoms with Crippen LogP contribution in [0.4, 0.5) is 5.69 Å². The number of likely N-dealkylation sites (tertiary alicyclic amines) is 1. The zero-order valence-electron chi connectivity index (χ0n) is 16.4. The van der Waals surface area contributed by atoms with Gasteiger partial charge in [-0.25, -0.2) is 0 Å². The van der Waals surface area contributed by atoms with Gasteiger partial charge >= 0.3 is 0 Å². The summed E-state index contributed by atoms with van der Waals surface area (Å²) in [5.41, 5.74) is 0.803. The first-order chi connectivity index (χ1) is 13.2. The average Bonchev–Trinajstić information content (AvgIpc) is 3.24. The SMILES string of the molecule is CC(C)(C)NC(=O)c1ccc(NC(=O)C[C@H]2SC(N3CCCC3)=NC2=O)cc1. The Balaban J connectivity index is 1.51. The standard InChI is InChI=1S/C20H26N4O3S/c1-20(2,3)23-17(26)13-6-8-14(9-7-13)21-16(25)12-15-18(27)22-19(28-15)24-10-4-5-11-24/h6-9,15H,4-5,10-12H2,1-3H3,(H,21,25)(H,23,26)/t15-/m1/s1. The fourth-order valence-corrected chi connectivity index (χ4v) is 4.17. The molecule has 2 N–H and O–H groups in total. The molecule has 7 nitrogen and oxygen atoms in total. The third-order valence-corrected chi connectivity index (χ3v) is 5.61. The van der Waals surface area contributed by atoms with Gasteiger partial charge in [-0.1, -0.05) is 11.8 Å². The summed E-state index contributed by atoms with van der Waals surface area (Å²) in [5, 5.41) is 5.96. The maximum atomic E-state index is 12.3. The second kappa shape index (κ2) is 8.34. The maximum Gasteiger partial charge on any atom is 0.262 e. The van der Waals surface area contributed by atoms with E-state index < -0.39 is 5.25 Å². The van der Waals surface area contributed by atoms with E-state index in [1.165, 1.54) is 11.8 Å². The van der Waals surface area contributed by atoms with Gasteiger partial charge in [0.25, 0.3) is 11.8 Å². The Morgan fingerprint density at radius 3 is 2.43 bits per heavy atom. The second-order valence-electron chi connectivity index (χ2n) is 8.07. The third kappa shape index (κ3) is 5.34. The molecule has 1 atom stereocenters. The molecule has 1 aromatic carbocycles. The lowest BCUT2D eigenvalue weighted by molar-refractivity contribution is -0.121. The van der Waals surface area contributed by atoms with Crippen LogP contribution in [0, 0.1) is 0 Å². The predicted molar refractivity (Wildman–Crippen MR) is 112 cm³/mol. The number of aliphatic imine (C=N–C) groups is 1. The number of nitrogens with zero attached hydrogens (tertiary/aromatic N) is 2. The van der Waals surface area contributed by atoms with Gasteiger partial charge in [-0.3, -0.25) is 14.4 Å². The summed E-state index contributed by atoms with van der Waals surface area (Å²) in [4.78, 5) is 42.8. The predicted octanol–water partition coefficient (Wildman–Crippen LogP) is 2.64. The van der Waals surface area contributed by atoms with E-state index in [1.807, 2.05) is 20.8 Å². The number of amidine groups is 1. The third-order valence-electron chi connectivity index (χ3n) is 4.40. The summed E-state index contributed by atoms with van der Waals surface area (Å²) in [6.45, 7) is 7.60. The molecule has 1 saturated heterocycles. The molecule has 28 heavy (non-hydrogen) atoms. The van der Waals surface area contributed by atoms with Crippen molar-refractivity contribution in [2.45, 2.75) is 50.8 Å². The molecular weight excluding hydrogens is 376 g/mol. The second-order valence-corrected chi connectivity index (χ2v) is 9.24. The smallest absolute Gasteiger partial charge is 0.262 e. The van der Waals surface area contributed by atoms with Gasteiger partial charge in [0.15, 0.2) is 5.17 Å². The summed E-state index contributed by atoms with van der Waals surface area (Å²) in [5.74, 6) is -0.642. The molecule has 3 rings (SSSR count). The Hall–Kier alpha value is -2.35. The number of benzene rings is 1. The summed E-state index contributed by atoms with van der Waals surface area (Å²) in [7, 11) is 0. The molecule has 0 unspecified atom stereocenters. The van der Waals surface area contributed by atoms with Crippen molar-refractivity contribution < 1.29 is 14.4 Å². The van der Waals surface area contributed by atoms with Crippen LogP contribution < -0.4 is 10.6 Å². The fourth-order valence-electron chi connectivity index (χ4n) is 3.05. The fraction of sp³-hybridized carbons (Fsp3) is 0.500. The summed E-state index contributed by atoms with van der Waals surface area (Å²) >= 11 is 1.38. The van der Waals surface area contributed by atoms with E-state index in [9.17, 15) is 14.4 Å². The highest BCUT2D eigenvalue weighted by molar-refractivity contribution is 8.15. The summed E-state index contributed by atoms with van der Waals surface area (Å²) in [6.07, 6.45) is 2.31. The molecule has 2 aliphatic heterocycles. The van der Waals surface area contributed by atoms with E-state index in [0.717, 1.165) is 31.1 Å². The number of hydrogen-bond donors (Lipinski definition) is 2. The molecule has 1 fully saturated rings. The Morgan fingerprint density at radius 2 is 1.82 bits per heavy atom. The molecule has 2 aliphatic rings. The molecular formula is C20H26N4O3S. The van der Waals surface area contributed by atoms with Crippen molar-refractivity contribution in [3.63, 3.8) is 0 Å². The number of anilines is 1. The molecule has 150 valence electrons. The number of rotatable bonds is 4. The molecule has 8 heteroatoms. The zero-order chi connectivity index (χ0) is 20.3. The normalized spacial score (nSPS) is 19.5. The highest BCUT2D eigenvalue weighted by atomic mass is 32.2. The van der Waals surface area contributed by atoms with Gasteiger partial charge in [-0.05, 0) is 57.9 Å². The van der Waals surface area contributed by atoms with E-state index in [0.29, 0.717) is 11.3 Å². The first-order valence-corrected chi connectivity index (χ1v) is 10.4. The monoisotopic (exact) mass is 402 g/mol. The van der Waals surface area contributed by atoms with Crippen LogP contribution in [0.25, 0.3) is 0 Å². The molecule has 0 aliphatic carbocycles. The van der Waals surface area contributed by atoms with Crippen LogP contribution in [0.3, 0.4) is 0 Å². The minimum Gasteiger partial charge on any atom is -0.351 e. The number of thioether (sulfide) groups is 1. The Labute approximate surface area is 169 Å². The average molecular weight is 403 g/mol. The number of hydrogen-bond acceptors (Lipinski definition) is 5. The lowest BCUT2D eigenvalue weighted by Gasteiger charge is -2.20. The van der Waals surface area contributed by atoms with Crippen molar-refractivity contribution in [2.24, 2.45) is 4.99 Å². The van der Waals surface area contributed by atoms with Crippen LogP contribution in [0.1, 0.15) is 50.4 Å². The molecule has 0 aromatic heterocycles. The van der Waals surface area contributed by atoms with Crippen LogP contribution in [-0.2, 0) is 9.59 Å². The van der Waals surface area contributed by atoms with E-state index in [2.05, 4.69) is 20.5 Å². The van der Waals surface area contributed by atoms with Gasteiger partial charge in [0.2, 0.25) is 5.91 Å². The van der Waals surface area contributed by atoms with Crippen LogP contribution in [0.5, 0.6) is 0 Å². The van der Waals surface area contributed by atoms with Crippen LogP contribution in [-0.4, -0.2) is 51.7 Å². The minimum atomic E-state index is -0.465. The number of carbonyl (C=O) groups excluding carboxylic acids is 3. The van der Waals surface area contributed by atoms with Gasteiger partial charge in [0.05, 0.1) is 0 Å². The van der Waals surface area contributed by atoms with Crippen molar-refractivity contribution in [2.75, 3.05) is 18.4 Å². The highest BCUT2D eigenvalue weighted by Crippen LogP contribution is 2.29. The molecule has 0 bridgehead atoms. The molecule has 1 aromatic rings. The lowest BCUT2D eigenvalue weighted by atomic mass is 10.1. The lowest BCUT2D eigenvalue weighted by Crippen LogP contribution is -2.40. The first-order valence-electron chi connectivity index (χ1n) is 9.48. The van der Waals surface area contributed by atoms with E-state index >= 15 is 0 Å². The number of amides is 3. The number of carbonyl (C=O) groups is 3. The van der Waals surface area contributed by atoms with Crippen LogP contribution in [0.2, 0.25) is 0 Å². The maximum absolute atomic E-state index is 12.3. The first kappa shape index (κ1) is 20.4. The van der Waals surface area contributed by atoms with Gasteiger partial charge in [0.1, 0.15) is 5.25 Å². The molecule has 0 radical (unpaired) electrons. The molecule has 2 heterocycles. The number of nitrogens with one attached hydrogen (secondary N) is 2. The largest absolute Gasteiger partial charge is 0.351 e.